The highest BCUT2D eigenvalue weighted by Gasteiger charge is 2.07. The molecule has 0 aliphatic heterocycles. The highest BCUT2D eigenvalue weighted by Crippen LogP contribution is 2.29. The van der Waals surface area contributed by atoms with Crippen molar-refractivity contribution in [2.45, 2.75) is 16.8 Å². The molecule has 1 aromatic carbocycles. The number of ketones is 1. The van der Waals surface area contributed by atoms with E-state index in [2.05, 4.69) is 9.97 Å². The summed E-state index contributed by atoms with van der Waals surface area (Å²) in [5.41, 5.74) is 0.537. The Hall–Kier alpha value is -1.39. The number of nitrogens with zero attached hydrogens (tertiary/aromatic N) is 2. The van der Waals surface area contributed by atoms with Crippen LogP contribution in [0.4, 0.5) is 0 Å². The van der Waals surface area contributed by atoms with E-state index in [-0.39, 0.29) is 5.78 Å². The van der Waals surface area contributed by atoms with Crippen LogP contribution in [0.2, 0.25) is 5.02 Å². The maximum absolute atomic E-state index is 11.2. The van der Waals surface area contributed by atoms with Crippen molar-refractivity contribution in [1.82, 2.24) is 9.97 Å². The van der Waals surface area contributed by atoms with Crippen molar-refractivity contribution in [2.24, 2.45) is 0 Å². The van der Waals surface area contributed by atoms with Crippen molar-refractivity contribution >= 4 is 29.1 Å². The molecule has 0 spiro atoms. The van der Waals surface area contributed by atoms with Crippen molar-refractivity contribution in [2.75, 3.05) is 0 Å². The Balaban J connectivity index is 2.24. The third kappa shape index (κ3) is 3.05. The summed E-state index contributed by atoms with van der Waals surface area (Å²) in [4.78, 5) is 20.3. The molecule has 3 nitrogen and oxygen atoms in total. The van der Waals surface area contributed by atoms with Crippen LogP contribution >= 0.6 is 23.4 Å². The molecule has 0 saturated carbocycles. The molecule has 0 N–H and O–H groups in total. The molecule has 0 unspecified atom stereocenters. The van der Waals surface area contributed by atoms with Gasteiger partial charge in [0.15, 0.2) is 5.78 Å². The number of aromatic nitrogens is 2. The quantitative estimate of drug-likeness (QED) is 0.796. The van der Waals surface area contributed by atoms with Gasteiger partial charge in [0.2, 0.25) is 0 Å². The number of halogens is 1. The minimum Gasteiger partial charge on any atom is -0.294 e. The van der Waals surface area contributed by atoms with E-state index in [1.165, 1.54) is 18.7 Å². The van der Waals surface area contributed by atoms with Crippen molar-refractivity contribution in [3.05, 3.63) is 47.4 Å². The maximum Gasteiger partial charge on any atom is 0.161 e. The maximum atomic E-state index is 11.2. The summed E-state index contributed by atoms with van der Waals surface area (Å²) in [5.74, 6) is -0.0361. The molecule has 86 valence electrons. The average Bonchev–Trinajstić information content (AvgIpc) is 2.30. The molecule has 0 bridgehead atoms. The summed E-state index contributed by atoms with van der Waals surface area (Å²) in [6.45, 7) is 1.50. The van der Waals surface area contributed by atoms with Gasteiger partial charge in [-0.15, -0.1) is 0 Å². The molecule has 0 aliphatic rings. The summed E-state index contributed by atoms with van der Waals surface area (Å²) < 4.78 is 0. The second kappa shape index (κ2) is 5.29. The average molecular weight is 265 g/mol. The van der Waals surface area contributed by atoms with E-state index < -0.39 is 0 Å². The Morgan fingerprint density at radius 2 is 2.18 bits per heavy atom. The predicted molar refractivity (Wildman–Crippen MR) is 67.6 cm³/mol. The lowest BCUT2D eigenvalue weighted by atomic mass is 10.1. The molecule has 1 heterocycles. The van der Waals surface area contributed by atoms with Crippen LogP contribution < -0.4 is 0 Å². The molecule has 0 atom stereocenters. The minimum atomic E-state index is -0.0361. The van der Waals surface area contributed by atoms with E-state index in [0.29, 0.717) is 10.6 Å². The van der Waals surface area contributed by atoms with Crippen LogP contribution in [0, 0.1) is 0 Å². The SMILES string of the molecule is CC(=O)c1ccc(Sc2cnccn2)cc1Cl. The molecule has 0 radical (unpaired) electrons. The number of carbonyl (C=O) groups excluding carboxylic acids is 1. The van der Waals surface area contributed by atoms with E-state index in [1.54, 1.807) is 30.7 Å². The third-order valence-corrected chi connectivity index (χ3v) is 3.30. The highest BCUT2D eigenvalue weighted by atomic mass is 35.5. The zero-order chi connectivity index (χ0) is 12.3. The fraction of sp³-hybridized carbons (Fsp3) is 0.0833. The second-order valence-electron chi connectivity index (χ2n) is 3.34. The summed E-state index contributed by atoms with van der Waals surface area (Å²) in [6.07, 6.45) is 4.93. The van der Waals surface area contributed by atoms with E-state index in [4.69, 9.17) is 11.6 Å². The van der Waals surface area contributed by atoms with Crippen molar-refractivity contribution < 1.29 is 4.79 Å². The number of benzene rings is 1. The Labute approximate surface area is 108 Å². The molecular weight excluding hydrogens is 256 g/mol. The highest BCUT2D eigenvalue weighted by molar-refractivity contribution is 7.99. The smallest absolute Gasteiger partial charge is 0.161 e. The first-order valence-corrected chi connectivity index (χ1v) is 6.10. The van der Waals surface area contributed by atoms with E-state index in [9.17, 15) is 4.79 Å². The van der Waals surface area contributed by atoms with Crippen LogP contribution in [-0.2, 0) is 0 Å². The van der Waals surface area contributed by atoms with E-state index >= 15 is 0 Å². The normalized spacial score (nSPS) is 10.2. The van der Waals surface area contributed by atoms with Gasteiger partial charge in [-0.05, 0) is 25.1 Å². The summed E-state index contributed by atoms with van der Waals surface area (Å²) in [7, 11) is 0. The molecule has 0 aliphatic carbocycles. The summed E-state index contributed by atoms with van der Waals surface area (Å²) in [5, 5.41) is 1.26. The number of carbonyl (C=O) groups is 1. The van der Waals surface area contributed by atoms with Gasteiger partial charge in [-0.2, -0.15) is 0 Å². The van der Waals surface area contributed by atoms with Crippen LogP contribution in [-0.4, -0.2) is 15.8 Å². The van der Waals surface area contributed by atoms with Gasteiger partial charge in [0, 0.05) is 22.9 Å². The summed E-state index contributed by atoms with van der Waals surface area (Å²) >= 11 is 7.47. The lowest BCUT2D eigenvalue weighted by Crippen LogP contribution is -1.93. The first kappa shape index (κ1) is 12.1. The zero-order valence-corrected chi connectivity index (χ0v) is 10.6. The molecule has 2 rings (SSSR count). The monoisotopic (exact) mass is 264 g/mol. The Kier molecular flexibility index (Phi) is 3.76. The number of Topliss-reactive ketones (excluding diaryl/α,β-unsaturated/α-hetero) is 1. The topological polar surface area (TPSA) is 42.9 Å². The molecule has 5 heteroatoms. The fourth-order valence-electron chi connectivity index (χ4n) is 1.30. The molecule has 2 aromatic rings. The van der Waals surface area contributed by atoms with Crippen molar-refractivity contribution in [1.29, 1.82) is 0 Å². The van der Waals surface area contributed by atoms with E-state index in [1.807, 2.05) is 6.07 Å². The molecule has 0 saturated heterocycles. The van der Waals surface area contributed by atoms with Crippen LogP contribution in [0.5, 0.6) is 0 Å². The molecular formula is C12H9ClN2OS. The van der Waals surface area contributed by atoms with Gasteiger partial charge in [0.05, 0.1) is 11.2 Å². The fourth-order valence-corrected chi connectivity index (χ4v) is 2.46. The van der Waals surface area contributed by atoms with Gasteiger partial charge in [-0.1, -0.05) is 23.4 Å². The van der Waals surface area contributed by atoms with Crippen LogP contribution in [0.1, 0.15) is 17.3 Å². The molecule has 0 fully saturated rings. The number of hydrogen-bond donors (Lipinski definition) is 0. The zero-order valence-electron chi connectivity index (χ0n) is 9.05. The van der Waals surface area contributed by atoms with Gasteiger partial charge in [0.25, 0.3) is 0 Å². The second-order valence-corrected chi connectivity index (χ2v) is 4.84. The summed E-state index contributed by atoms with van der Waals surface area (Å²) in [6, 6.07) is 5.34. The van der Waals surface area contributed by atoms with Gasteiger partial charge >= 0.3 is 0 Å². The third-order valence-electron chi connectivity index (χ3n) is 2.08. The van der Waals surface area contributed by atoms with Crippen LogP contribution in [0.25, 0.3) is 0 Å². The Morgan fingerprint density at radius 3 is 2.76 bits per heavy atom. The predicted octanol–water partition coefficient (Wildman–Crippen LogP) is 3.48. The van der Waals surface area contributed by atoms with Gasteiger partial charge in [-0.3, -0.25) is 9.78 Å². The molecule has 0 amide bonds. The number of hydrogen-bond acceptors (Lipinski definition) is 4. The van der Waals surface area contributed by atoms with E-state index in [0.717, 1.165) is 9.92 Å². The Morgan fingerprint density at radius 1 is 1.35 bits per heavy atom. The Bertz CT molecular complexity index is 545. The molecule has 17 heavy (non-hydrogen) atoms. The van der Waals surface area contributed by atoms with Crippen molar-refractivity contribution in [3.63, 3.8) is 0 Å². The van der Waals surface area contributed by atoms with Gasteiger partial charge in [-0.25, -0.2) is 4.98 Å². The van der Waals surface area contributed by atoms with Crippen LogP contribution in [0.15, 0.2) is 46.7 Å². The molecule has 1 aromatic heterocycles. The first-order chi connectivity index (χ1) is 8.16. The van der Waals surface area contributed by atoms with Crippen molar-refractivity contribution in [3.8, 4) is 0 Å². The number of rotatable bonds is 3. The lowest BCUT2D eigenvalue weighted by molar-refractivity contribution is 0.101. The minimum absolute atomic E-state index is 0.0361. The van der Waals surface area contributed by atoms with Gasteiger partial charge < -0.3 is 0 Å². The van der Waals surface area contributed by atoms with Gasteiger partial charge in [0.1, 0.15) is 5.03 Å². The lowest BCUT2D eigenvalue weighted by Gasteiger charge is -2.03. The van der Waals surface area contributed by atoms with Crippen LogP contribution in [0.3, 0.4) is 0 Å². The largest absolute Gasteiger partial charge is 0.294 e. The standard InChI is InChI=1S/C12H9ClN2OS/c1-8(16)10-3-2-9(6-11(10)13)17-12-7-14-4-5-15-12/h2-7H,1H3. The first-order valence-electron chi connectivity index (χ1n) is 4.91.